The van der Waals surface area contributed by atoms with E-state index < -0.39 is 10.6 Å². The van der Waals surface area contributed by atoms with Gasteiger partial charge in [-0.05, 0) is 48.5 Å². The van der Waals surface area contributed by atoms with Crippen LogP contribution in [0.25, 0.3) is 0 Å². The molecule has 0 amide bonds. The Kier molecular flexibility index (Phi) is 5.32. The lowest BCUT2D eigenvalue weighted by molar-refractivity contribution is -0.384. The Morgan fingerprint density at radius 2 is 1.82 bits per heavy atom. The van der Waals surface area contributed by atoms with Crippen LogP contribution in [0.15, 0.2) is 65.8 Å². The number of nitro groups is 1. The first-order valence-corrected chi connectivity index (χ1v) is 11.0. The first-order chi connectivity index (χ1) is 16.3. The number of benzene rings is 3. The van der Waals surface area contributed by atoms with Gasteiger partial charge in [0.2, 0.25) is 5.72 Å². The standard InChI is InChI=1S/C25H22ClN3O5/c1-25(16-5-8-18(9-6-16)29(30)31)28-21(19-13-17(26)7-11-22(19)34-25)14-20(27-28)15-4-10-23(32-2)24(12-15)33-3/h4-13,21H,14H2,1-3H3/t21-,25+/m0/s1. The summed E-state index contributed by atoms with van der Waals surface area (Å²) in [5, 5.41) is 18.7. The third-order valence-corrected chi connectivity index (χ3v) is 6.55. The highest BCUT2D eigenvalue weighted by Gasteiger charge is 2.49. The number of nitrogens with zero attached hydrogens (tertiary/aromatic N) is 3. The Morgan fingerprint density at radius 1 is 1.09 bits per heavy atom. The number of hydrogen-bond donors (Lipinski definition) is 0. The molecule has 34 heavy (non-hydrogen) atoms. The number of halogens is 1. The van der Waals surface area contributed by atoms with Crippen LogP contribution in [0, 0.1) is 10.1 Å². The van der Waals surface area contributed by atoms with E-state index in [4.69, 9.17) is 30.9 Å². The predicted octanol–water partition coefficient (Wildman–Crippen LogP) is 5.68. The van der Waals surface area contributed by atoms with Gasteiger partial charge in [0.1, 0.15) is 5.75 Å². The highest BCUT2D eigenvalue weighted by Crippen LogP contribution is 2.51. The fourth-order valence-corrected chi connectivity index (χ4v) is 4.73. The molecule has 5 rings (SSSR count). The number of nitro benzene ring substituents is 1. The van der Waals surface area contributed by atoms with E-state index in [-0.39, 0.29) is 11.7 Å². The smallest absolute Gasteiger partial charge is 0.269 e. The van der Waals surface area contributed by atoms with Crippen molar-refractivity contribution < 1.29 is 19.1 Å². The molecule has 9 heteroatoms. The van der Waals surface area contributed by atoms with Crippen LogP contribution in [0.2, 0.25) is 5.02 Å². The van der Waals surface area contributed by atoms with Gasteiger partial charge in [0.05, 0.1) is 30.9 Å². The summed E-state index contributed by atoms with van der Waals surface area (Å²) >= 11 is 6.32. The number of hydrazone groups is 1. The first-order valence-electron chi connectivity index (χ1n) is 10.7. The molecule has 0 saturated carbocycles. The SMILES string of the molecule is COc1ccc(C2=NN3[C@@H](C2)c2cc(Cl)ccc2O[C@]3(C)c2ccc([N+](=O)[O-])cc2)cc1OC. The summed E-state index contributed by atoms with van der Waals surface area (Å²) in [5.74, 6) is 1.96. The summed E-state index contributed by atoms with van der Waals surface area (Å²) < 4.78 is 17.3. The van der Waals surface area contributed by atoms with Crippen molar-refractivity contribution in [2.75, 3.05) is 14.2 Å². The average Bonchev–Trinajstić information content (AvgIpc) is 3.31. The number of methoxy groups -OCH3 is 2. The van der Waals surface area contributed by atoms with Crippen LogP contribution in [0.3, 0.4) is 0 Å². The maximum Gasteiger partial charge on any atom is 0.269 e. The molecule has 0 N–H and O–H groups in total. The summed E-state index contributed by atoms with van der Waals surface area (Å²) in [6.45, 7) is 1.92. The van der Waals surface area contributed by atoms with Crippen LogP contribution in [-0.2, 0) is 5.72 Å². The van der Waals surface area contributed by atoms with E-state index in [1.165, 1.54) is 12.1 Å². The van der Waals surface area contributed by atoms with E-state index >= 15 is 0 Å². The molecular weight excluding hydrogens is 458 g/mol. The normalized spacial score (nSPS) is 20.6. The van der Waals surface area contributed by atoms with Crippen molar-refractivity contribution in [2.24, 2.45) is 5.10 Å². The molecule has 174 valence electrons. The molecule has 3 aromatic rings. The summed E-state index contributed by atoms with van der Waals surface area (Å²) in [6, 6.07) is 17.5. The average molecular weight is 480 g/mol. The van der Waals surface area contributed by atoms with Gasteiger partial charge in [0.25, 0.3) is 5.69 Å². The van der Waals surface area contributed by atoms with Crippen LogP contribution in [0.5, 0.6) is 17.2 Å². The zero-order chi connectivity index (χ0) is 24.0. The van der Waals surface area contributed by atoms with Crippen molar-refractivity contribution in [2.45, 2.75) is 25.1 Å². The Labute approximate surface area is 201 Å². The van der Waals surface area contributed by atoms with Crippen LogP contribution in [-0.4, -0.2) is 29.9 Å². The number of hydrogen-bond acceptors (Lipinski definition) is 7. The second-order valence-electron chi connectivity index (χ2n) is 8.25. The largest absolute Gasteiger partial charge is 0.493 e. The molecule has 0 aromatic heterocycles. The monoisotopic (exact) mass is 479 g/mol. The van der Waals surface area contributed by atoms with Crippen molar-refractivity contribution in [3.8, 4) is 17.2 Å². The topological polar surface area (TPSA) is 86.4 Å². The molecule has 2 aliphatic rings. The molecule has 2 heterocycles. The van der Waals surface area contributed by atoms with E-state index in [0.717, 1.165) is 22.4 Å². The van der Waals surface area contributed by atoms with Crippen LogP contribution in [0.4, 0.5) is 5.69 Å². The Bertz CT molecular complexity index is 1310. The lowest BCUT2D eigenvalue weighted by Gasteiger charge is -2.46. The third kappa shape index (κ3) is 3.51. The van der Waals surface area contributed by atoms with Crippen molar-refractivity contribution in [3.63, 3.8) is 0 Å². The number of fused-ring (bicyclic) bond motifs is 3. The van der Waals surface area contributed by atoms with Crippen molar-refractivity contribution >= 4 is 23.0 Å². The molecule has 0 unspecified atom stereocenters. The van der Waals surface area contributed by atoms with E-state index in [9.17, 15) is 10.1 Å². The van der Waals surface area contributed by atoms with E-state index in [2.05, 4.69) is 0 Å². The molecule has 0 fully saturated rings. The molecule has 0 saturated heterocycles. The van der Waals surface area contributed by atoms with Crippen molar-refractivity contribution in [1.29, 1.82) is 0 Å². The summed E-state index contributed by atoms with van der Waals surface area (Å²) in [4.78, 5) is 10.7. The minimum absolute atomic E-state index is 0.0165. The van der Waals surface area contributed by atoms with Gasteiger partial charge in [-0.25, -0.2) is 5.01 Å². The van der Waals surface area contributed by atoms with Gasteiger partial charge in [-0.1, -0.05) is 11.6 Å². The highest BCUT2D eigenvalue weighted by atomic mass is 35.5. The van der Waals surface area contributed by atoms with Crippen molar-refractivity contribution in [1.82, 2.24) is 5.01 Å². The van der Waals surface area contributed by atoms with Gasteiger partial charge < -0.3 is 14.2 Å². The fraction of sp³-hybridized carbons (Fsp3) is 0.240. The van der Waals surface area contributed by atoms with E-state index in [1.807, 2.05) is 42.3 Å². The van der Waals surface area contributed by atoms with Gasteiger partial charge in [-0.15, -0.1) is 0 Å². The zero-order valence-corrected chi connectivity index (χ0v) is 19.6. The minimum atomic E-state index is -0.987. The fourth-order valence-electron chi connectivity index (χ4n) is 4.55. The van der Waals surface area contributed by atoms with E-state index in [0.29, 0.717) is 28.7 Å². The number of non-ortho nitro benzene ring substituents is 1. The summed E-state index contributed by atoms with van der Waals surface area (Å²) in [5.41, 5.74) is 2.48. The van der Waals surface area contributed by atoms with Gasteiger partial charge in [-0.2, -0.15) is 5.10 Å². The van der Waals surface area contributed by atoms with Crippen LogP contribution in [0.1, 0.15) is 36.1 Å². The molecule has 2 aliphatic heterocycles. The third-order valence-electron chi connectivity index (χ3n) is 6.32. The zero-order valence-electron chi connectivity index (χ0n) is 18.8. The van der Waals surface area contributed by atoms with Crippen molar-refractivity contribution in [3.05, 3.63) is 92.5 Å². The Morgan fingerprint density at radius 3 is 2.50 bits per heavy atom. The molecular formula is C25H22ClN3O5. The molecule has 3 aromatic carbocycles. The van der Waals surface area contributed by atoms with Crippen LogP contribution >= 0.6 is 11.6 Å². The number of rotatable bonds is 5. The Balaban J connectivity index is 1.62. The predicted molar refractivity (Wildman–Crippen MR) is 128 cm³/mol. The summed E-state index contributed by atoms with van der Waals surface area (Å²) in [6.07, 6.45) is 0.620. The lowest BCUT2D eigenvalue weighted by Crippen LogP contribution is -2.48. The molecule has 2 atom stereocenters. The quantitative estimate of drug-likeness (QED) is 0.345. The molecule has 8 nitrogen and oxygen atoms in total. The van der Waals surface area contributed by atoms with Gasteiger partial charge in [0.15, 0.2) is 11.5 Å². The minimum Gasteiger partial charge on any atom is -0.493 e. The highest BCUT2D eigenvalue weighted by molar-refractivity contribution is 6.30. The molecule has 0 radical (unpaired) electrons. The Hall–Kier alpha value is -3.78. The second-order valence-corrected chi connectivity index (χ2v) is 8.69. The molecule has 0 spiro atoms. The van der Waals surface area contributed by atoms with Gasteiger partial charge in [0, 0.05) is 47.2 Å². The van der Waals surface area contributed by atoms with Gasteiger partial charge in [-0.3, -0.25) is 10.1 Å². The molecule has 0 bridgehead atoms. The maximum absolute atomic E-state index is 11.2. The second kappa shape index (κ2) is 8.22. The van der Waals surface area contributed by atoms with Gasteiger partial charge >= 0.3 is 0 Å². The van der Waals surface area contributed by atoms with E-state index in [1.54, 1.807) is 32.4 Å². The van der Waals surface area contributed by atoms with Crippen LogP contribution < -0.4 is 14.2 Å². The molecule has 0 aliphatic carbocycles. The summed E-state index contributed by atoms with van der Waals surface area (Å²) in [7, 11) is 3.19. The first kappa shape index (κ1) is 22.0. The number of ether oxygens (including phenoxy) is 3. The maximum atomic E-state index is 11.2. The lowest BCUT2D eigenvalue weighted by atomic mass is 9.92.